The summed E-state index contributed by atoms with van der Waals surface area (Å²) in [5, 5.41) is 0. The molecular weight excluding hydrogens is 496 g/mol. The van der Waals surface area contributed by atoms with Gasteiger partial charge in [-0.1, -0.05) is 24.3 Å². The summed E-state index contributed by atoms with van der Waals surface area (Å²) in [7, 11) is 0. The number of aliphatic imine (C=N–C) groups is 1. The zero-order chi connectivity index (χ0) is 23.4. The van der Waals surface area contributed by atoms with Gasteiger partial charge in [0.2, 0.25) is 5.90 Å². The molecule has 0 saturated heterocycles. The Morgan fingerprint density at radius 1 is 1.06 bits per heavy atom. The van der Waals surface area contributed by atoms with Crippen molar-refractivity contribution in [3.63, 3.8) is 0 Å². The Bertz CT molecular complexity index is 1270. The molecule has 5 nitrogen and oxygen atoms in total. The molecule has 0 atom stereocenters. The summed E-state index contributed by atoms with van der Waals surface area (Å²) in [5.41, 5.74) is 1.38. The van der Waals surface area contributed by atoms with Crippen LogP contribution in [0.15, 0.2) is 75.8 Å². The highest BCUT2D eigenvalue weighted by atomic mass is 79.9. The van der Waals surface area contributed by atoms with Crippen molar-refractivity contribution in [2.75, 3.05) is 6.61 Å². The standard InChI is InChI=1S/C25H18BrF2NO4/c1-2-31-22-13-16(11-19(26)23(22)32-14-15-6-5-7-17(27)10-15)12-21-25(30)33-24(29-21)18-8-3-4-9-20(18)28/h3-13H,2,14H2,1H3/b21-12-. The third kappa shape index (κ3) is 5.28. The average molecular weight is 514 g/mol. The summed E-state index contributed by atoms with van der Waals surface area (Å²) in [6.45, 7) is 2.34. The summed E-state index contributed by atoms with van der Waals surface area (Å²) >= 11 is 3.47. The van der Waals surface area contributed by atoms with Gasteiger partial charge in [-0.2, -0.15) is 0 Å². The number of cyclic esters (lactones) is 1. The highest BCUT2D eigenvalue weighted by Gasteiger charge is 2.26. The third-order valence-electron chi connectivity index (χ3n) is 4.63. The van der Waals surface area contributed by atoms with Gasteiger partial charge >= 0.3 is 5.97 Å². The van der Waals surface area contributed by atoms with Crippen molar-refractivity contribution >= 4 is 33.9 Å². The van der Waals surface area contributed by atoms with Gasteiger partial charge in [0, 0.05) is 0 Å². The van der Waals surface area contributed by atoms with Gasteiger partial charge in [0.15, 0.2) is 17.2 Å². The molecule has 0 radical (unpaired) electrons. The first-order chi connectivity index (χ1) is 15.9. The first kappa shape index (κ1) is 22.7. The molecular formula is C25H18BrF2NO4. The van der Waals surface area contributed by atoms with E-state index < -0.39 is 11.8 Å². The van der Waals surface area contributed by atoms with Crippen molar-refractivity contribution in [1.82, 2.24) is 0 Å². The third-order valence-corrected chi connectivity index (χ3v) is 5.22. The summed E-state index contributed by atoms with van der Waals surface area (Å²) in [4.78, 5) is 16.4. The van der Waals surface area contributed by atoms with Crippen LogP contribution in [-0.2, 0) is 16.1 Å². The van der Waals surface area contributed by atoms with Crippen LogP contribution in [0.25, 0.3) is 6.08 Å². The van der Waals surface area contributed by atoms with Gasteiger partial charge in [-0.3, -0.25) is 0 Å². The number of nitrogens with zero attached hydrogens (tertiary/aromatic N) is 1. The molecule has 8 heteroatoms. The van der Waals surface area contributed by atoms with Crippen molar-refractivity contribution < 1.29 is 27.8 Å². The minimum absolute atomic E-state index is 0.0241. The molecule has 0 N–H and O–H groups in total. The van der Waals surface area contributed by atoms with E-state index >= 15 is 0 Å². The van der Waals surface area contributed by atoms with Crippen LogP contribution in [-0.4, -0.2) is 18.5 Å². The number of esters is 1. The Morgan fingerprint density at radius 3 is 2.64 bits per heavy atom. The van der Waals surface area contributed by atoms with E-state index in [1.54, 1.807) is 30.3 Å². The van der Waals surface area contributed by atoms with Crippen LogP contribution in [0.5, 0.6) is 11.5 Å². The number of rotatable bonds is 7. The fourth-order valence-corrected chi connectivity index (χ4v) is 3.75. The second-order valence-electron chi connectivity index (χ2n) is 7.00. The zero-order valence-electron chi connectivity index (χ0n) is 17.5. The maximum atomic E-state index is 14.0. The normalized spacial score (nSPS) is 14.2. The number of benzene rings is 3. The van der Waals surface area contributed by atoms with Gasteiger partial charge in [-0.15, -0.1) is 0 Å². The SMILES string of the molecule is CCOc1cc(/C=C2\N=C(c3ccccc3F)OC2=O)cc(Br)c1OCc1cccc(F)c1. The van der Waals surface area contributed by atoms with E-state index in [-0.39, 0.29) is 29.6 Å². The molecule has 0 amide bonds. The fraction of sp³-hybridized carbons (Fsp3) is 0.120. The van der Waals surface area contributed by atoms with Gasteiger partial charge in [0.1, 0.15) is 18.2 Å². The predicted molar refractivity (Wildman–Crippen MR) is 123 cm³/mol. The Morgan fingerprint density at radius 2 is 1.88 bits per heavy atom. The lowest BCUT2D eigenvalue weighted by molar-refractivity contribution is -0.129. The molecule has 0 aliphatic carbocycles. The van der Waals surface area contributed by atoms with E-state index in [9.17, 15) is 13.6 Å². The van der Waals surface area contributed by atoms with Crippen LogP contribution < -0.4 is 9.47 Å². The van der Waals surface area contributed by atoms with Crippen LogP contribution in [0, 0.1) is 11.6 Å². The number of hydrogen-bond acceptors (Lipinski definition) is 5. The molecule has 0 aromatic heterocycles. The first-order valence-corrected chi connectivity index (χ1v) is 10.8. The number of carbonyl (C=O) groups is 1. The molecule has 33 heavy (non-hydrogen) atoms. The fourth-order valence-electron chi connectivity index (χ4n) is 3.17. The van der Waals surface area contributed by atoms with Crippen molar-refractivity contribution in [3.05, 3.63) is 99.2 Å². The number of halogens is 3. The monoisotopic (exact) mass is 513 g/mol. The van der Waals surface area contributed by atoms with E-state index in [0.717, 1.165) is 0 Å². The van der Waals surface area contributed by atoms with Crippen molar-refractivity contribution in [2.45, 2.75) is 13.5 Å². The van der Waals surface area contributed by atoms with Gasteiger partial charge in [-0.25, -0.2) is 18.6 Å². The second-order valence-corrected chi connectivity index (χ2v) is 7.85. The summed E-state index contributed by atoms with van der Waals surface area (Å²) < 4.78 is 44.8. The van der Waals surface area contributed by atoms with Gasteiger partial charge < -0.3 is 14.2 Å². The van der Waals surface area contributed by atoms with Crippen LogP contribution >= 0.6 is 15.9 Å². The average Bonchev–Trinajstić information content (AvgIpc) is 3.13. The maximum absolute atomic E-state index is 14.0. The maximum Gasteiger partial charge on any atom is 0.363 e. The highest BCUT2D eigenvalue weighted by Crippen LogP contribution is 2.38. The van der Waals surface area contributed by atoms with Crippen molar-refractivity contribution in [2.24, 2.45) is 4.99 Å². The molecule has 4 rings (SSSR count). The lowest BCUT2D eigenvalue weighted by Gasteiger charge is -2.15. The molecule has 0 unspecified atom stereocenters. The highest BCUT2D eigenvalue weighted by molar-refractivity contribution is 9.10. The Kier molecular flexibility index (Phi) is 6.84. The van der Waals surface area contributed by atoms with Gasteiger partial charge in [0.05, 0.1) is 16.6 Å². The number of hydrogen-bond donors (Lipinski definition) is 0. The van der Waals surface area contributed by atoms with Crippen LogP contribution in [0.4, 0.5) is 8.78 Å². The molecule has 0 spiro atoms. The lowest BCUT2D eigenvalue weighted by Crippen LogP contribution is -2.07. The summed E-state index contributed by atoms with van der Waals surface area (Å²) in [6, 6.07) is 15.5. The predicted octanol–water partition coefficient (Wildman–Crippen LogP) is 6.05. The smallest absolute Gasteiger partial charge is 0.363 e. The van der Waals surface area contributed by atoms with Crippen LogP contribution in [0.2, 0.25) is 0 Å². The largest absolute Gasteiger partial charge is 0.490 e. The van der Waals surface area contributed by atoms with Crippen molar-refractivity contribution in [1.29, 1.82) is 0 Å². The van der Waals surface area contributed by atoms with E-state index in [2.05, 4.69) is 20.9 Å². The van der Waals surface area contributed by atoms with Crippen LogP contribution in [0.3, 0.4) is 0 Å². The molecule has 1 aliphatic rings. The second kappa shape index (κ2) is 9.95. The molecule has 168 valence electrons. The molecule has 1 aliphatic heterocycles. The molecule has 0 bridgehead atoms. The Balaban J connectivity index is 1.62. The van der Waals surface area contributed by atoms with E-state index in [1.807, 2.05) is 6.92 Å². The van der Waals surface area contributed by atoms with Gasteiger partial charge in [-0.05, 0) is 76.5 Å². The Labute approximate surface area is 197 Å². The number of carbonyl (C=O) groups excluding carboxylic acids is 1. The van der Waals surface area contributed by atoms with Crippen LogP contribution in [0.1, 0.15) is 23.6 Å². The van der Waals surface area contributed by atoms with Gasteiger partial charge in [0.25, 0.3) is 0 Å². The summed E-state index contributed by atoms with van der Waals surface area (Å²) in [6.07, 6.45) is 1.51. The minimum Gasteiger partial charge on any atom is -0.490 e. The van der Waals surface area contributed by atoms with E-state index in [0.29, 0.717) is 33.7 Å². The molecule has 1 heterocycles. The molecule has 3 aromatic rings. The number of ether oxygens (including phenoxy) is 3. The quantitative estimate of drug-likeness (QED) is 0.285. The Hall–Kier alpha value is -3.52. The first-order valence-electron chi connectivity index (χ1n) is 10.1. The summed E-state index contributed by atoms with van der Waals surface area (Å²) in [5.74, 6) is -0.794. The molecule has 0 fully saturated rings. The topological polar surface area (TPSA) is 57.1 Å². The lowest BCUT2D eigenvalue weighted by atomic mass is 10.1. The molecule has 0 saturated carbocycles. The van der Waals surface area contributed by atoms with Crippen molar-refractivity contribution in [3.8, 4) is 11.5 Å². The van der Waals surface area contributed by atoms with E-state index in [1.165, 1.54) is 36.4 Å². The molecule has 3 aromatic carbocycles. The zero-order valence-corrected chi connectivity index (χ0v) is 19.1. The minimum atomic E-state index is -0.686. The van der Waals surface area contributed by atoms with E-state index in [4.69, 9.17) is 14.2 Å².